The molecule has 0 unspecified atom stereocenters. The molecule has 3 aromatic rings. The van der Waals surface area contributed by atoms with E-state index in [0.717, 1.165) is 27.0 Å². The Labute approximate surface area is 96.1 Å². The lowest BCUT2D eigenvalue weighted by molar-refractivity contribution is 0.555. The van der Waals surface area contributed by atoms with E-state index in [1.807, 2.05) is 37.3 Å². The molecule has 0 saturated heterocycles. The topological polar surface area (TPSA) is 30.2 Å². The smallest absolute Gasteiger partial charge is 0.231 e. The molecule has 80 valence electrons. The molecule has 2 nitrogen and oxygen atoms in total. The molecule has 3 heteroatoms. The normalized spacial score (nSPS) is 11.3. The Hall–Kier alpha value is -1.61. The number of fused-ring (bicyclic) bond motifs is 2. The van der Waals surface area contributed by atoms with Crippen LogP contribution in [-0.4, -0.2) is 0 Å². The van der Waals surface area contributed by atoms with E-state index in [9.17, 15) is 4.79 Å². The maximum absolute atomic E-state index is 12.1. The van der Waals surface area contributed by atoms with Crippen molar-refractivity contribution in [2.45, 2.75) is 13.3 Å². The highest BCUT2D eigenvalue weighted by molar-refractivity contribution is 7.24. The number of hydrogen-bond donors (Lipinski definition) is 0. The number of furan rings is 1. The van der Waals surface area contributed by atoms with Crippen LogP contribution in [-0.2, 0) is 6.42 Å². The molecule has 0 aliphatic carbocycles. The third-order valence-electron chi connectivity index (χ3n) is 2.66. The van der Waals surface area contributed by atoms with Crippen molar-refractivity contribution < 1.29 is 4.42 Å². The molecule has 0 amide bonds. The molecule has 1 aromatic carbocycles. The van der Waals surface area contributed by atoms with E-state index in [1.165, 1.54) is 0 Å². The minimum atomic E-state index is 0.00375. The molecule has 0 atom stereocenters. The van der Waals surface area contributed by atoms with Gasteiger partial charge in [0.2, 0.25) is 5.43 Å². The van der Waals surface area contributed by atoms with Crippen LogP contribution in [0.4, 0.5) is 0 Å². The first kappa shape index (κ1) is 9.60. The van der Waals surface area contributed by atoms with Gasteiger partial charge >= 0.3 is 0 Å². The monoisotopic (exact) mass is 230 g/mol. The number of benzene rings is 1. The van der Waals surface area contributed by atoms with Gasteiger partial charge in [-0.2, -0.15) is 0 Å². The first-order valence-electron chi connectivity index (χ1n) is 5.24. The average molecular weight is 230 g/mol. The summed E-state index contributed by atoms with van der Waals surface area (Å²) in [6.07, 6.45) is 0.817. The van der Waals surface area contributed by atoms with E-state index in [4.69, 9.17) is 4.42 Å². The SMILES string of the molecule is CCc1cc2sc3ccccc3c(=O)c2o1. The second kappa shape index (κ2) is 3.46. The summed E-state index contributed by atoms with van der Waals surface area (Å²) in [7, 11) is 0. The van der Waals surface area contributed by atoms with Gasteiger partial charge in [-0.25, -0.2) is 0 Å². The van der Waals surface area contributed by atoms with Crippen molar-refractivity contribution in [2.24, 2.45) is 0 Å². The molecule has 0 saturated carbocycles. The highest BCUT2D eigenvalue weighted by Gasteiger charge is 2.10. The minimum Gasteiger partial charge on any atom is -0.456 e. The lowest BCUT2D eigenvalue weighted by atomic mass is 10.2. The molecule has 0 aliphatic rings. The fourth-order valence-corrected chi connectivity index (χ4v) is 2.89. The van der Waals surface area contributed by atoms with Gasteiger partial charge in [-0.1, -0.05) is 19.1 Å². The fourth-order valence-electron chi connectivity index (χ4n) is 1.81. The Morgan fingerprint density at radius 1 is 1.25 bits per heavy atom. The van der Waals surface area contributed by atoms with Crippen LogP contribution in [0.3, 0.4) is 0 Å². The van der Waals surface area contributed by atoms with E-state index >= 15 is 0 Å². The predicted octanol–water partition coefficient (Wildman–Crippen LogP) is 3.57. The van der Waals surface area contributed by atoms with Crippen molar-refractivity contribution in [2.75, 3.05) is 0 Å². The average Bonchev–Trinajstić information content (AvgIpc) is 2.73. The quantitative estimate of drug-likeness (QED) is 0.639. The highest BCUT2D eigenvalue weighted by atomic mass is 32.1. The van der Waals surface area contributed by atoms with E-state index in [0.29, 0.717) is 5.58 Å². The highest BCUT2D eigenvalue weighted by Crippen LogP contribution is 2.26. The summed E-state index contributed by atoms with van der Waals surface area (Å²) >= 11 is 1.61. The molecular formula is C13H10O2S. The Balaban J connectivity index is 2.53. The zero-order chi connectivity index (χ0) is 11.1. The van der Waals surface area contributed by atoms with E-state index < -0.39 is 0 Å². The van der Waals surface area contributed by atoms with Gasteiger partial charge in [-0.3, -0.25) is 4.79 Å². The zero-order valence-electron chi connectivity index (χ0n) is 8.82. The van der Waals surface area contributed by atoms with Crippen LogP contribution in [0, 0.1) is 0 Å². The maximum atomic E-state index is 12.1. The van der Waals surface area contributed by atoms with Gasteiger partial charge in [-0.15, -0.1) is 11.3 Å². The molecular weight excluding hydrogens is 220 g/mol. The van der Waals surface area contributed by atoms with Crippen LogP contribution < -0.4 is 5.43 Å². The van der Waals surface area contributed by atoms with Crippen molar-refractivity contribution in [1.82, 2.24) is 0 Å². The number of rotatable bonds is 1. The largest absolute Gasteiger partial charge is 0.456 e. The molecule has 0 bridgehead atoms. The summed E-state index contributed by atoms with van der Waals surface area (Å²) in [6.45, 7) is 2.02. The second-order valence-electron chi connectivity index (χ2n) is 3.69. The maximum Gasteiger partial charge on any atom is 0.231 e. The van der Waals surface area contributed by atoms with Crippen LogP contribution in [0.15, 0.2) is 39.5 Å². The molecule has 3 rings (SSSR count). The molecule has 0 fully saturated rings. The van der Waals surface area contributed by atoms with Crippen LogP contribution >= 0.6 is 11.3 Å². The van der Waals surface area contributed by atoms with Crippen molar-refractivity contribution >= 4 is 31.7 Å². The summed E-state index contributed by atoms with van der Waals surface area (Å²) < 4.78 is 7.52. The third kappa shape index (κ3) is 1.28. The molecule has 16 heavy (non-hydrogen) atoms. The molecule has 2 heterocycles. The fraction of sp³-hybridized carbons (Fsp3) is 0.154. The van der Waals surface area contributed by atoms with Crippen LogP contribution in [0.25, 0.3) is 20.4 Å². The minimum absolute atomic E-state index is 0.00375. The lowest BCUT2D eigenvalue weighted by Gasteiger charge is -1.94. The summed E-state index contributed by atoms with van der Waals surface area (Å²) in [4.78, 5) is 12.1. The summed E-state index contributed by atoms with van der Waals surface area (Å²) in [5, 5.41) is 0.747. The molecule has 0 spiro atoms. The van der Waals surface area contributed by atoms with Gasteiger partial charge in [-0.05, 0) is 18.2 Å². The molecule has 2 aromatic heterocycles. The van der Waals surface area contributed by atoms with Crippen molar-refractivity contribution in [3.8, 4) is 0 Å². The van der Waals surface area contributed by atoms with E-state index in [-0.39, 0.29) is 5.43 Å². The summed E-state index contributed by atoms with van der Waals surface area (Å²) in [6, 6.07) is 9.62. The van der Waals surface area contributed by atoms with E-state index in [1.54, 1.807) is 11.3 Å². The number of aryl methyl sites for hydroxylation is 1. The van der Waals surface area contributed by atoms with Gasteiger partial charge in [0.1, 0.15) is 5.76 Å². The number of hydrogen-bond acceptors (Lipinski definition) is 3. The second-order valence-corrected chi connectivity index (χ2v) is 4.77. The van der Waals surface area contributed by atoms with Crippen LogP contribution in [0.2, 0.25) is 0 Å². The molecule has 0 aliphatic heterocycles. The van der Waals surface area contributed by atoms with Crippen molar-refractivity contribution in [1.29, 1.82) is 0 Å². The standard InChI is InChI=1S/C13H10O2S/c1-2-8-7-11-13(15-8)12(14)9-5-3-4-6-10(9)16-11/h3-7H,2H2,1H3. The zero-order valence-corrected chi connectivity index (χ0v) is 9.64. The van der Waals surface area contributed by atoms with Crippen molar-refractivity contribution in [3.63, 3.8) is 0 Å². The van der Waals surface area contributed by atoms with Gasteiger partial charge in [0.15, 0.2) is 5.58 Å². The summed E-state index contributed by atoms with van der Waals surface area (Å²) in [5.74, 6) is 0.874. The molecule has 0 radical (unpaired) electrons. The molecule has 0 N–H and O–H groups in total. The lowest BCUT2D eigenvalue weighted by Crippen LogP contribution is -1.98. The van der Waals surface area contributed by atoms with Gasteiger partial charge in [0.25, 0.3) is 0 Å². The summed E-state index contributed by atoms with van der Waals surface area (Å²) in [5.41, 5.74) is 0.504. The van der Waals surface area contributed by atoms with Gasteiger partial charge in [0, 0.05) is 16.5 Å². The first-order valence-corrected chi connectivity index (χ1v) is 6.05. The van der Waals surface area contributed by atoms with E-state index in [2.05, 4.69) is 0 Å². The predicted molar refractivity (Wildman–Crippen MR) is 67.2 cm³/mol. The van der Waals surface area contributed by atoms with Crippen LogP contribution in [0.1, 0.15) is 12.7 Å². The Bertz CT molecular complexity index is 721. The first-order chi connectivity index (χ1) is 7.79. The van der Waals surface area contributed by atoms with Gasteiger partial charge < -0.3 is 4.42 Å². The third-order valence-corrected chi connectivity index (χ3v) is 3.75. The Morgan fingerprint density at radius 3 is 2.88 bits per heavy atom. The Kier molecular flexibility index (Phi) is 2.07. The van der Waals surface area contributed by atoms with Crippen LogP contribution in [0.5, 0.6) is 0 Å². The van der Waals surface area contributed by atoms with Gasteiger partial charge in [0.05, 0.1) is 4.70 Å². The Morgan fingerprint density at radius 2 is 2.06 bits per heavy atom. The van der Waals surface area contributed by atoms with Crippen molar-refractivity contribution in [3.05, 3.63) is 46.3 Å².